The van der Waals surface area contributed by atoms with Crippen molar-refractivity contribution < 1.29 is 13.2 Å². The highest BCUT2D eigenvalue weighted by atomic mass is 32.2. The average Bonchev–Trinajstić information content (AvgIpc) is 2.94. The van der Waals surface area contributed by atoms with E-state index in [9.17, 15) is 13.2 Å². The van der Waals surface area contributed by atoms with Gasteiger partial charge in [-0.05, 0) is 18.6 Å². The molecule has 2 aliphatic rings. The molecule has 0 spiro atoms. The van der Waals surface area contributed by atoms with Crippen LogP contribution in [0, 0.1) is 0 Å². The number of para-hydroxylation sites is 1. The molecule has 0 bridgehead atoms. The lowest BCUT2D eigenvalue weighted by Crippen LogP contribution is -2.36. The van der Waals surface area contributed by atoms with Crippen molar-refractivity contribution in [2.45, 2.75) is 18.9 Å². The van der Waals surface area contributed by atoms with Crippen molar-refractivity contribution in [3.8, 4) is 0 Å². The quantitative estimate of drug-likeness (QED) is 0.862. The van der Waals surface area contributed by atoms with E-state index in [-0.39, 0.29) is 29.9 Å². The van der Waals surface area contributed by atoms with Crippen molar-refractivity contribution >= 4 is 27.3 Å². The third kappa shape index (κ3) is 2.67. The molecule has 20 heavy (non-hydrogen) atoms. The summed E-state index contributed by atoms with van der Waals surface area (Å²) < 4.78 is 22.8. The van der Waals surface area contributed by atoms with E-state index in [1.807, 2.05) is 30.3 Å². The number of aliphatic imine (C=N–C) groups is 1. The van der Waals surface area contributed by atoms with Gasteiger partial charge in [-0.1, -0.05) is 18.2 Å². The number of amides is 1. The van der Waals surface area contributed by atoms with Gasteiger partial charge in [0.25, 0.3) is 5.91 Å². The number of carbonyl (C=O) groups excluding carboxylic acids is 1. The van der Waals surface area contributed by atoms with Crippen LogP contribution in [0.15, 0.2) is 35.3 Å². The van der Waals surface area contributed by atoms with E-state index >= 15 is 0 Å². The van der Waals surface area contributed by atoms with E-state index in [0.717, 1.165) is 5.69 Å². The number of hydrazine groups is 1. The minimum absolute atomic E-state index is 0.0811. The number of rotatable bonds is 2. The molecular weight excluding hydrogens is 278 g/mol. The Balaban J connectivity index is 1.74. The summed E-state index contributed by atoms with van der Waals surface area (Å²) in [5, 5.41) is 1.45. The van der Waals surface area contributed by atoms with E-state index < -0.39 is 9.84 Å². The van der Waals surface area contributed by atoms with Gasteiger partial charge in [0.15, 0.2) is 9.84 Å². The monoisotopic (exact) mass is 293 g/mol. The van der Waals surface area contributed by atoms with Crippen LogP contribution in [0.25, 0.3) is 0 Å². The summed E-state index contributed by atoms with van der Waals surface area (Å²) >= 11 is 0. The average molecular weight is 293 g/mol. The first-order valence-corrected chi connectivity index (χ1v) is 8.27. The minimum atomic E-state index is -2.95. The molecule has 106 valence electrons. The predicted molar refractivity (Wildman–Crippen MR) is 76.2 cm³/mol. The molecule has 0 aromatic heterocycles. The number of hydrogen-bond acceptors (Lipinski definition) is 4. The number of hydrogen-bond donors (Lipinski definition) is 1. The Bertz CT molecular complexity index is 655. The van der Waals surface area contributed by atoms with Crippen LogP contribution in [-0.4, -0.2) is 37.7 Å². The van der Waals surface area contributed by atoms with E-state index in [1.54, 1.807) is 0 Å². The van der Waals surface area contributed by atoms with Crippen LogP contribution in [-0.2, 0) is 14.6 Å². The SMILES string of the molecule is O=C1CC(=N[C@@H]2CCS(=O)(=O)C2)NN1c1ccccc1. The molecule has 0 saturated carbocycles. The van der Waals surface area contributed by atoms with Crippen LogP contribution in [0.5, 0.6) is 0 Å². The van der Waals surface area contributed by atoms with Gasteiger partial charge in [-0.15, -0.1) is 0 Å². The van der Waals surface area contributed by atoms with Gasteiger partial charge in [-0.3, -0.25) is 15.2 Å². The van der Waals surface area contributed by atoms with Gasteiger partial charge < -0.3 is 0 Å². The second-order valence-electron chi connectivity index (χ2n) is 4.99. The molecular formula is C13H15N3O3S. The van der Waals surface area contributed by atoms with Crippen molar-refractivity contribution in [1.29, 1.82) is 0 Å². The van der Waals surface area contributed by atoms with Gasteiger partial charge in [0.05, 0.1) is 29.7 Å². The van der Waals surface area contributed by atoms with Crippen molar-refractivity contribution in [3.05, 3.63) is 30.3 Å². The summed E-state index contributed by atoms with van der Waals surface area (Å²) in [6.45, 7) is 0. The summed E-state index contributed by atoms with van der Waals surface area (Å²) in [6.07, 6.45) is 0.721. The molecule has 3 rings (SSSR count). The van der Waals surface area contributed by atoms with E-state index in [2.05, 4.69) is 10.4 Å². The second kappa shape index (κ2) is 4.90. The van der Waals surface area contributed by atoms with Crippen LogP contribution in [0.2, 0.25) is 0 Å². The Kier molecular flexibility index (Phi) is 3.21. The van der Waals surface area contributed by atoms with Crippen molar-refractivity contribution in [2.75, 3.05) is 16.5 Å². The number of amidine groups is 1. The zero-order valence-corrected chi connectivity index (χ0v) is 11.6. The van der Waals surface area contributed by atoms with Crippen LogP contribution in [0.4, 0.5) is 5.69 Å². The fourth-order valence-electron chi connectivity index (χ4n) is 2.41. The van der Waals surface area contributed by atoms with Crippen molar-refractivity contribution in [3.63, 3.8) is 0 Å². The molecule has 1 atom stereocenters. The zero-order valence-electron chi connectivity index (χ0n) is 10.8. The third-order valence-electron chi connectivity index (χ3n) is 3.37. The molecule has 0 unspecified atom stereocenters. The Morgan fingerprint density at radius 3 is 2.65 bits per heavy atom. The molecule has 2 aliphatic heterocycles. The Hall–Kier alpha value is -1.89. The van der Waals surface area contributed by atoms with Gasteiger partial charge in [-0.2, -0.15) is 0 Å². The maximum atomic E-state index is 12.0. The smallest absolute Gasteiger partial charge is 0.253 e. The van der Waals surface area contributed by atoms with E-state index in [4.69, 9.17) is 0 Å². The lowest BCUT2D eigenvalue weighted by molar-refractivity contribution is -0.116. The fourth-order valence-corrected chi connectivity index (χ4v) is 4.04. The molecule has 1 amide bonds. The van der Waals surface area contributed by atoms with Crippen molar-refractivity contribution in [2.24, 2.45) is 4.99 Å². The summed E-state index contributed by atoms with van der Waals surface area (Å²) in [4.78, 5) is 16.3. The number of benzene rings is 1. The summed E-state index contributed by atoms with van der Waals surface area (Å²) in [7, 11) is -2.95. The largest absolute Gasteiger partial charge is 0.278 e. The normalized spacial score (nSPS) is 27.0. The molecule has 2 heterocycles. The van der Waals surface area contributed by atoms with Crippen LogP contribution < -0.4 is 10.4 Å². The first-order chi connectivity index (χ1) is 9.53. The summed E-state index contributed by atoms with van der Waals surface area (Å²) in [6, 6.07) is 9.00. The molecule has 7 heteroatoms. The molecule has 0 radical (unpaired) electrons. The zero-order chi connectivity index (χ0) is 14.2. The first kappa shape index (κ1) is 13.1. The number of sulfone groups is 1. The van der Waals surface area contributed by atoms with Gasteiger partial charge in [0.1, 0.15) is 5.84 Å². The number of carbonyl (C=O) groups is 1. The molecule has 1 aromatic carbocycles. The summed E-state index contributed by atoms with van der Waals surface area (Å²) in [5.41, 5.74) is 3.70. The van der Waals surface area contributed by atoms with E-state index in [1.165, 1.54) is 5.01 Å². The fraction of sp³-hybridized carbons (Fsp3) is 0.385. The predicted octanol–water partition coefficient (Wildman–Crippen LogP) is 0.514. The topological polar surface area (TPSA) is 78.8 Å². The minimum Gasteiger partial charge on any atom is -0.278 e. The van der Waals surface area contributed by atoms with Gasteiger partial charge in [0, 0.05) is 0 Å². The molecule has 0 aliphatic carbocycles. The number of nitrogens with one attached hydrogen (secondary N) is 1. The van der Waals surface area contributed by atoms with E-state index in [0.29, 0.717) is 12.3 Å². The molecule has 2 fully saturated rings. The van der Waals surface area contributed by atoms with Crippen LogP contribution in [0.1, 0.15) is 12.8 Å². The Labute approximate surface area is 117 Å². The van der Waals surface area contributed by atoms with Gasteiger partial charge in [-0.25, -0.2) is 13.4 Å². The molecule has 1 N–H and O–H groups in total. The van der Waals surface area contributed by atoms with Crippen LogP contribution in [0.3, 0.4) is 0 Å². The van der Waals surface area contributed by atoms with Gasteiger partial charge >= 0.3 is 0 Å². The number of nitrogens with zero attached hydrogens (tertiary/aromatic N) is 2. The maximum absolute atomic E-state index is 12.0. The maximum Gasteiger partial charge on any atom is 0.253 e. The molecule has 1 aromatic rings. The summed E-state index contributed by atoms with van der Waals surface area (Å²) in [5.74, 6) is 0.722. The molecule has 2 saturated heterocycles. The lowest BCUT2D eigenvalue weighted by Gasteiger charge is -2.15. The molecule has 6 nitrogen and oxygen atoms in total. The highest BCUT2D eigenvalue weighted by Gasteiger charge is 2.31. The van der Waals surface area contributed by atoms with Crippen molar-refractivity contribution in [1.82, 2.24) is 5.43 Å². The third-order valence-corrected chi connectivity index (χ3v) is 5.12. The Morgan fingerprint density at radius 1 is 1.25 bits per heavy atom. The standard InChI is InChI=1S/C13H15N3O3S/c17-13-8-12(14-10-6-7-20(18,19)9-10)15-16(13)11-4-2-1-3-5-11/h1-5,10H,6-9H2,(H,14,15)/t10-/m1/s1. The second-order valence-corrected chi connectivity index (χ2v) is 7.21. The Morgan fingerprint density at radius 2 is 2.00 bits per heavy atom. The van der Waals surface area contributed by atoms with Gasteiger partial charge in [0.2, 0.25) is 0 Å². The van der Waals surface area contributed by atoms with Crippen LogP contribution >= 0.6 is 0 Å². The lowest BCUT2D eigenvalue weighted by atomic mass is 10.3. The first-order valence-electron chi connectivity index (χ1n) is 6.45. The highest BCUT2D eigenvalue weighted by Crippen LogP contribution is 2.19. The highest BCUT2D eigenvalue weighted by molar-refractivity contribution is 7.91. The number of anilines is 1.